The molecule has 0 unspecified atom stereocenters. The van der Waals surface area contributed by atoms with Gasteiger partial charge in [-0.15, -0.1) is 0 Å². The average Bonchev–Trinajstić information content (AvgIpc) is 4.17. The Bertz CT molecular complexity index is 2740. The molecule has 6 aromatic rings. The highest BCUT2D eigenvalue weighted by atomic mass is 14.7. The molecule has 418 valence electrons. The van der Waals surface area contributed by atoms with Crippen molar-refractivity contribution in [1.82, 2.24) is 0 Å². The van der Waals surface area contributed by atoms with Gasteiger partial charge in [0.1, 0.15) is 0 Å². The summed E-state index contributed by atoms with van der Waals surface area (Å²) in [5, 5.41) is 0. The summed E-state index contributed by atoms with van der Waals surface area (Å²) < 4.78 is 0. The van der Waals surface area contributed by atoms with Crippen LogP contribution in [-0.4, -0.2) is 12.4 Å². The zero-order valence-corrected chi connectivity index (χ0v) is 50.3. The van der Waals surface area contributed by atoms with E-state index >= 15 is 0 Å². The molecule has 0 amide bonds. The smallest absolute Gasteiger partial charge is 0.0633 e. The zero-order chi connectivity index (χ0) is 54.9. The monoisotopic (exact) mass is 1050 g/mol. The van der Waals surface area contributed by atoms with Crippen LogP contribution in [0.2, 0.25) is 0 Å². The molecular weight excluding hydrogens is 953 g/mol. The summed E-state index contributed by atoms with van der Waals surface area (Å²) in [6.07, 6.45) is 42.4. The van der Waals surface area contributed by atoms with Crippen LogP contribution in [0.15, 0.2) is 131 Å². The van der Waals surface area contributed by atoms with Gasteiger partial charge >= 0.3 is 0 Å². The van der Waals surface area contributed by atoms with E-state index in [4.69, 9.17) is 9.98 Å². The summed E-state index contributed by atoms with van der Waals surface area (Å²) in [4.78, 5) is 10.9. The van der Waals surface area contributed by atoms with Crippen molar-refractivity contribution in [2.45, 2.75) is 250 Å². The van der Waals surface area contributed by atoms with Gasteiger partial charge in [0.05, 0.1) is 11.4 Å². The molecule has 2 nitrogen and oxygen atoms in total. The first-order valence-electron chi connectivity index (χ1n) is 32.8. The minimum absolute atomic E-state index is 0.0649. The molecule has 0 heterocycles. The highest BCUT2D eigenvalue weighted by Gasteiger charge is 2.45. The number of fused-ring (bicyclic) bond motifs is 9. The lowest BCUT2D eigenvalue weighted by Gasteiger charge is -2.33. The Hall–Kier alpha value is -5.34. The van der Waals surface area contributed by atoms with Gasteiger partial charge in [-0.1, -0.05) is 281 Å². The van der Waals surface area contributed by atoms with Gasteiger partial charge in [0.15, 0.2) is 0 Å². The second kappa shape index (κ2) is 28.4. The molecule has 3 aliphatic rings. The van der Waals surface area contributed by atoms with E-state index in [0.717, 1.165) is 24.2 Å². The molecule has 0 saturated heterocycles. The molecule has 6 aromatic carbocycles. The SMILES string of the molecule is CCCCCCC1(CCCCCC)c2ccccc2-c2ccc(C=Nc3ccc4c(c3)C(CCCCCC)(CCCCCC)c3cc(N=Cc5ccc6c(c5)C(CCCCCC)(CCCCCC)c5ccccc5-6)ccc3-4)cc21. The van der Waals surface area contributed by atoms with E-state index in [1.165, 1.54) is 247 Å². The molecule has 0 radical (unpaired) electrons. The van der Waals surface area contributed by atoms with Crippen molar-refractivity contribution < 1.29 is 0 Å². The number of aliphatic imine (C=N–C) groups is 2. The van der Waals surface area contributed by atoms with Gasteiger partial charge in [-0.3, -0.25) is 9.98 Å². The lowest BCUT2D eigenvalue weighted by atomic mass is 9.70. The van der Waals surface area contributed by atoms with Crippen molar-refractivity contribution in [2.75, 3.05) is 0 Å². The van der Waals surface area contributed by atoms with E-state index in [1.54, 1.807) is 11.1 Å². The molecule has 0 bridgehead atoms. The van der Waals surface area contributed by atoms with Crippen LogP contribution in [0.25, 0.3) is 33.4 Å². The van der Waals surface area contributed by atoms with Crippen LogP contribution in [0.3, 0.4) is 0 Å². The van der Waals surface area contributed by atoms with Crippen LogP contribution in [0.4, 0.5) is 11.4 Å². The molecule has 0 atom stereocenters. The van der Waals surface area contributed by atoms with Crippen molar-refractivity contribution in [2.24, 2.45) is 9.98 Å². The second-order valence-corrected chi connectivity index (χ2v) is 24.8. The predicted molar refractivity (Wildman–Crippen MR) is 345 cm³/mol. The summed E-state index contributed by atoms with van der Waals surface area (Å²) in [6.45, 7) is 14.0. The highest BCUT2D eigenvalue weighted by Crippen LogP contribution is 2.58. The van der Waals surface area contributed by atoms with Crippen LogP contribution in [0.5, 0.6) is 0 Å². The molecule has 9 rings (SSSR count). The van der Waals surface area contributed by atoms with Gasteiger partial charge in [-0.25, -0.2) is 0 Å². The third kappa shape index (κ3) is 12.8. The summed E-state index contributed by atoms with van der Waals surface area (Å²) in [7, 11) is 0. The predicted octanol–water partition coefficient (Wildman–Crippen LogP) is 23.8. The molecule has 0 fully saturated rings. The average molecular weight is 1050 g/mol. The number of benzene rings is 6. The third-order valence-electron chi connectivity index (χ3n) is 19.4. The second-order valence-electron chi connectivity index (χ2n) is 24.8. The third-order valence-corrected chi connectivity index (χ3v) is 19.4. The van der Waals surface area contributed by atoms with Crippen LogP contribution in [0, 0.1) is 0 Å². The summed E-state index contributed by atoms with van der Waals surface area (Å²) >= 11 is 0. The van der Waals surface area contributed by atoms with Crippen LogP contribution in [0.1, 0.15) is 279 Å². The topological polar surface area (TPSA) is 24.7 Å². The quantitative estimate of drug-likeness (QED) is 0.0284. The van der Waals surface area contributed by atoms with Crippen molar-refractivity contribution in [1.29, 1.82) is 0 Å². The maximum atomic E-state index is 5.43. The Morgan fingerprint density at radius 2 is 0.532 bits per heavy atom. The molecule has 0 spiro atoms. The van der Waals surface area contributed by atoms with E-state index in [0.29, 0.717) is 0 Å². The zero-order valence-electron chi connectivity index (χ0n) is 50.3. The summed E-state index contributed by atoms with van der Waals surface area (Å²) in [6, 6.07) is 47.8. The molecule has 0 saturated carbocycles. The molecule has 3 aliphatic carbocycles. The molecular formula is C77H100N2. The van der Waals surface area contributed by atoms with E-state index in [9.17, 15) is 0 Å². The minimum Gasteiger partial charge on any atom is -0.256 e. The lowest BCUT2D eigenvalue weighted by molar-refractivity contribution is 0.401. The maximum absolute atomic E-state index is 5.43. The molecule has 2 heteroatoms. The van der Waals surface area contributed by atoms with Crippen molar-refractivity contribution in [3.05, 3.63) is 166 Å². The number of unbranched alkanes of at least 4 members (excludes halogenated alkanes) is 18. The molecule has 0 N–H and O–H groups in total. The Morgan fingerprint density at radius 1 is 0.266 bits per heavy atom. The van der Waals surface area contributed by atoms with Crippen molar-refractivity contribution in [3.63, 3.8) is 0 Å². The van der Waals surface area contributed by atoms with Gasteiger partial charge in [-0.2, -0.15) is 0 Å². The molecule has 0 aliphatic heterocycles. The van der Waals surface area contributed by atoms with Gasteiger partial charge in [0.2, 0.25) is 0 Å². The first-order valence-corrected chi connectivity index (χ1v) is 32.8. The Labute approximate surface area is 480 Å². The Kier molecular flexibility index (Phi) is 21.0. The van der Waals surface area contributed by atoms with E-state index in [2.05, 4.69) is 175 Å². The molecule has 79 heavy (non-hydrogen) atoms. The fraction of sp³-hybridized carbons (Fsp3) is 0.506. The number of nitrogens with zero attached hydrogens (tertiary/aromatic N) is 2. The van der Waals surface area contributed by atoms with Gasteiger partial charge in [0, 0.05) is 28.7 Å². The summed E-state index contributed by atoms with van der Waals surface area (Å²) in [5.41, 5.74) is 22.4. The van der Waals surface area contributed by atoms with Crippen molar-refractivity contribution in [3.8, 4) is 33.4 Å². The summed E-state index contributed by atoms with van der Waals surface area (Å²) in [5.74, 6) is 0. The first-order chi connectivity index (χ1) is 38.9. The van der Waals surface area contributed by atoms with Gasteiger partial charge in [-0.05, 0) is 153 Å². The Balaban J connectivity index is 1.05. The number of hydrogen-bond donors (Lipinski definition) is 0. The fourth-order valence-corrected chi connectivity index (χ4v) is 15.1. The highest BCUT2D eigenvalue weighted by molar-refractivity contribution is 5.91. The lowest BCUT2D eigenvalue weighted by Crippen LogP contribution is -2.25. The number of hydrogen-bond acceptors (Lipinski definition) is 2. The van der Waals surface area contributed by atoms with Crippen LogP contribution >= 0.6 is 0 Å². The number of rotatable bonds is 34. The fourth-order valence-electron chi connectivity index (χ4n) is 15.1. The van der Waals surface area contributed by atoms with E-state index in [-0.39, 0.29) is 16.2 Å². The van der Waals surface area contributed by atoms with E-state index < -0.39 is 0 Å². The van der Waals surface area contributed by atoms with Crippen molar-refractivity contribution >= 4 is 23.8 Å². The first kappa shape index (κ1) is 58.3. The van der Waals surface area contributed by atoms with Crippen LogP contribution < -0.4 is 0 Å². The molecule has 0 aromatic heterocycles. The maximum Gasteiger partial charge on any atom is 0.0633 e. The standard InChI is InChI=1S/C77H100N2/c1-7-13-19-29-47-75(48-30-20-14-8-2)69-37-27-25-35-63(69)65-43-39-59(53-71(65)75)57-78-61-41-45-67-68-46-42-62(56-74(68)77(73(67)55-61,51-33-23-17-11-5)52-34-24-18-12-6)79-58-60-40-44-66-64-36-26-28-38-70(64)76(72(66)54-60,49-31-21-15-9-3)50-32-22-16-10-4/h25-28,35-46,53-58H,7-24,29-34,47-52H2,1-6H3. The van der Waals surface area contributed by atoms with Crippen LogP contribution in [-0.2, 0) is 16.2 Å². The largest absolute Gasteiger partial charge is 0.256 e. The van der Waals surface area contributed by atoms with Gasteiger partial charge in [0.25, 0.3) is 0 Å². The van der Waals surface area contributed by atoms with E-state index in [1.807, 2.05) is 0 Å². The minimum atomic E-state index is -0.0772. The van der Waals surface area contributed by atoms with Gasteiger partial charge < -0.3 is 0 Å². The normalized spacial score (nSPS) is 14.9. The Morgan fingerprint density at radius 3 is 0.848 bits per heavy atom.